The van der Waals surface area contributed by atoms with Crippen LogP contribution < -0.4 is 4.72 Å². The Morgan fingerprint density at radius 1 is 1.65 bits per heavy atom. The van der Waals surface area contributed by atoms with Gasteiger partial charge in [0.1, 0.15) is 17.2 Å². The smallest absolute Gasteiger partial charge is 0.333 e. The zero-order chi connectivity index (χ0) is 13.1. The van der Waals surface area contributed by atoms with E-state index in [1.807, 2.05) is 4.72 Å². The van der Waals surface area contributed by atoms with Crippen LogP contribution in [0.15, 0.2) is 10.6 Å². The molecule has 0 saturated carbocycles. The molecule has 0 aliphatic rings. The van der Waals surface area contributed by atoms with Crippen molar-refractivity contribution in [2.75, 3.05) is 6.54 Å². The molecule has 1 aromatic heterocycles. The van der Waals surface area contributed by atoms with Crippen molar-refractivity contribution in [3.8, 4) is 0 Å². The van der Waals surface area contributed by atoms with Gasteiger partial charge in [-0.05, 0) is 6.92 Å². The van der Waals surface area contributed by atoms with Crippen LogP contribution in [0.4, 0.5) is 0 Å². The van der Waals surface area contributed by atoms with E-state index in [-0.39, 0.29) is 5.69 Å². The van der Waals surface area contributed by atoms with Gasteiger partial charge in [0, 0.05) is 12.6 Å². The largest absolute Gasteiger partial charge is 0.479 e. The minimum absolute atomic E-state index is 0.208. The van der Waals surface area contributed by atoms with E-state index in [1.165, 1.54) is 6.07 Å². The first kappa shape index (κ1) is 13.6. The summed E-state index contributed by atoms with van der Waals surface area (Å²) in [6.07, 6.45) is -1.77. The number of carboxylic acids is 1. The summed E-state index contributed by atoms with van der Waals surface area (Å²) >= 11 is 0. The van der Waals surface area contributed by atoms with Gasteiger partial charge in [-0.2, -0.15) is 0 Å². The van der Waals surface area contributed by atoms with E-state index in [0.717, 1.165) is 0 Å². The van der Waals surface area contributed by atoms with E-state index in [9.17, 15) is 13.2 Å². The van der Waals surface area contributed by atoms with Crippen molar-refractivity contribution in [1.82, 2.24) is 9.88 Å². The number of aliphatic carboxylic acids is 1. The van der Waals surface area contributed by atoms with E-state index >= 15 is 0 Å². The lowest BCUT2D eigenvalue weighted by molar-refractivity contribution is -0.146. The summed E-state index contributed by atoms with van der Waals surface area (Å²) in [6, 6.07) is 1.45. The summed E-state index contributed by atoms with van der Waals surface area (Å²) < 4.78 is 29.5. The number of hydrogen-bond acceptors (Lipinski definition) is 6. The molecule has 0 bridgehead atoms. The van der Waals surface area contributed by atoms with Gasteiger partial charge in [-0.1, -0.05) is 5.16 Å². The summed E-state index contributed by atoms with van der Waals surface area (Å²) in [5.41, 5.74) is 0.208. The molecule has 0 aliphatic heterocycles. The first-order valence-corrected chi connectivity index (χ1v) is 6.26. The van der Waals surface area contributed by atoms with Crippen molar-refractivity contribution in [3.05, 3.63) is 17.5 Å². The third-order valence-corrected chi connectivity index (χ3v) is 3.08. The van der Waals surface area contributed by atoms with Crippen LogP contribution in [-0.4, -0.2) is 42.4 Å². The van der Waals surface area contributed by atoms with Gasteiger partial charge < -0.3 is 14.7 Å². The number of carboxylic acid groups (broad SMARTS) is 1. The number of aliphatic hydroxyl groups excluding tert-OH is 1. The standard InChI is InChI=1S/C8H12N2O6S/c1-5-2-6(10-16-5)4-17(14,15)9-3-7(11)8(12)13/h2,7,9,11H,3-4H2,1H3,(H,12,13). The van der Waals surface area contributed by atoms with E-state index in [2.05, 4.69) is 9.68 Å². The molecule has 0 amide bonds. The summed E-state index contributed by atoms with van der Waals surface area (Å²) in [4.78, 5) is 10.3. The monoisotopic (exact) mass is 264 g/mol. The maximum atomic E-state index is 11.4. The first-order chi connectivity index (χ1) is 7.80. The lowest BCUT2D eigenvalue weighted by Crippen LogP contribution is -2.37. The molecule has 3 N–H and O–H groups in total. The van der Waals surface area contributed by atoms with Gasteiger partial charge in [0.25, 0.3) is 0 Å². The van der Waals surface area contributed by atoms with Gasteiger partial charge in [-0.15, -0.1) is 0 Å². The van der Waals surface area contributed by atoms with Gasteiger partial charge in [-0.25, -0.2) is 17.9 Å². The second-order valence-electron chi connectivity index (χ2n) is 3.39. The van der Waals surface area contributed by atoms with Crippen LogP contribution in [0.2, 0.25) is 0 Å². The maximum Gasteiger partial charge on any atom is 0.333 e. The Morgan fingerprint density at radius 3 is 2.76 bits per heavy atom. The zero-order valence-electron chi connectivity index (χ0n) is 8.95. The maximum absolute atomic E-state index is 11.4. The molecule has 96 valence electrons. The number of sulfonamides is 1. The van der Waals surface area contributed by atoms with Gasteiger partial charge in [0.05, 0.1) is 0 Å². The number of nitrogens with zero attached hydrogens (tertiary/aromatic N) is 1. The average molecular weight is 264 g/mol. The fourth-order valence-corrected chi connectivity index (χ4v) is 2.06. The van der Waals surface area contributed by atoms with Crippen molar-refractivity contribution in [1.29, 1.82) is 0 Å². The Hall–Kier alpha value is -1.45. The SMILES string of the molecule is Cc1cc(CS(=O)(=O)NCC(O)C(=O)O)no1. The second kappa shape index (κ2) is 5.25. The van der Waals surface area contributed by atoms with Gasteiger partial charge in [0.2, 0.25) is 10.0 Å². The molecule has 0 spiro atoms. The number of carbonyl (C=O) groups is 1. The second-order valence-corrected chi connectivity index (χ2v) is 5.20. The quantitative estimate of drug-likeness (QED) is 0.591. The molecule has 1 aromatic rings. The van der Waals surface area contributed by atoms with E-state index in [0.29, 0.717) is 5.76 Å². The van der Waals surface area contributed by atoms with Crippen molar-refractivity contribution in [2.45, 2.75) is 18.8 Å². The Morgan fingerprint density at radius 2 is 2.29 bits per heavy atom. The molecule has 0 saturated heterocycles. The predicted molar refractivity (Wildman–Crippen MR) is 55.5 cm³/mol. The zero-order valence-corrected chi connectivity index (χ0v) is 9.77. The van der Waals surface area contributed by atoms with Gasteiger partial charge in [-0.3, -0.25) is 0 Å². The highest BCUT2D eigenvalue weighted by Crippen LogP contribution is 2.05. The Bertz CT molecular complexity index is 494. The number of rotatable bonds is 6. The number of hydrogen-bond donors (Lipinski definition) is 3. The van der Waals surface area contributed by atoms with Crippen LogP contribution in [0.25, 0.3) is 0 Å². The summed E-state index contributed by atoms with van der Waals surface area (Å²) in [7, 11) is -3.75. The first-order valence-electron chi connectivity index (χ1n) is 4.60. The van der Waals surface area contributed by atoms with Crippen molar-refractivity contribution in [3.63, 3.8) is 0 Å². The summed E-state index contributed by atoms with van der Waals surface area (Å²) in [5, 5.41) is 20.7. The van der Waals surface area contributed by atoms with E-state index < -0.39 is 34.4 Å². The van der Waals surface area contributed by atoms with Crippen LogP contribution in [0.1, 0.15) is 11.5 Å². The topological polar surface area (TPSA) is 130 Å². The van der Waals surface area contributed by atoms with Crippen molar-refractivity contribution >= 4 is 16.0 Å². The van der Waals surface area contributed by atoms with Gasteiger partial charge in [0.15, 0.2) is 6.10 Å². The van der Waals surface area contributed by atoms with Crippen LogP contribution in [0, 0.1) is 6.92 Å². The summed E-state index contributed by atoms with van der Waals surface area (Å²) in [6.45, 7) is 1.03. The predicted octanol–water partition coefficient (Wildman–Crippen LogP) is -1.15. The van der Waals surface area contributed by atoms with Crippen molar-refractivity contribution < 1.29 is 27.9 Å². The molecule has 0 radical (unpaired) electrons. The van der Waals surface area contributed by atoms with Crippen LogP contribution >= 0.6 is 0 Å². The lowest BCUT2D eigenvalue weighted by atomic mass is 10.4. The number of aryl methyl sites for hydroxylation is 1. The molecule has 0 aromatic carbocycles. The molecule has 1 heterocycles. The highest BCUT2D eigenvalue weighted by molar-refractivity contribution is 7.88. The number of aliphatic hydroxyl groups is 1. The molecule has 1 unspecified atom stereocenters. The molecule has 17 heavy (non-hydrogen) atoms. The highest BCUT2D eigenvalue weighted by Gasteiger charge is 2.19. The highest BCUT2D eigenvalue weighted by atomic mass is 32.2. The van der Waals surface area contributed by atoms with Crippen LogP contribution in [0.5, 0.6) is 0 Å². The Labute approximate surface area is 97.3 Å². The molecular weight excluding hydrogens is 252 g/mol. The molecule has 9 heteroatoms. The molecule has 0 fully saturated rings. The molecule has 1 atom stereocenters. The average Bonchev–Trinajstić information content (AvgIpc) is 2.59. The van der Waals surface area contributed by atoms with Crippen LogP contribution in [0.3, 0.4) is 0 Å². The Kier molecular flexibility index (Phi) is 4.21. The van der Waals surface area contributed by atoms with Crippen molar-refractivity contribution in [2.24, 2.45) is 0 Å². The van der Waals surface area contributed by atoms with Gasteiger partial charge >= 0.3 is 5.97 Å². The third kappa shape index (κ3) is 4.51. The van der Waals surface area contributed by atoms with E-state index in [4.69, 9.17) is 10.2 Å². The molecule has 8 nitrogen and oxygen atoms in total. The molecular formula is C8H12N2O6S. The van der Waals surface area contributed by atoms with E-state index in [1.54, 1.807) is 6.92 Å². The molecule has 0 aliphatic carbocycles. The minimum atomic E-state index is -3.75. The fraction of sp³-hybridized carbons (Fsp3) is 0.500. The lowest BCUT2D eigenvalue weighted by Gasteiger charge is -2.07. The number of aromatic nitrogens is 1. The van der Waals surface area contributed by atoms with Crippen LogP contribution in [-0.2, 0) is 20.6 Å². The normalized spacial score (nSPS) is 13.5. The fourth-order valence-electron chi connectivity index (χ4n) is 1.02. The Balaban J connectivity index is 2.55. The third-order valence-electron chi connectivity index (χ3n) is 1.80. The minimum Gasteiger partial charge on any atom is -0.479 e. The number of nitrogens with one attached hydrogen (secondary N) is 1. The summed E-state index contributed by atoms with van der Waals surface area (Å²) in [5.74, 6) is -1.46. The molecule has 1 rings (SSSR count).